The zero-order valence-electron chi connectivity index (χ0n) is 17.5. The van der Waals surface area contributed by atoms with Crippen molar-refractivity contribution in [3.63, 3.8) is 0 Å². The Morgan fingerprint density at radius 2 is 1.59 bits per heavy atom. The third-order valence-electron chi connectivity index (χ3n) is 7.24. The smallest absolute Gasteiger partial charge is 0.167 e. The van der Waals surface area contributed by atoms with E-state index in [9.17, 15) is 13.2 Å². The van der Waals surface area contributed by atoms with Crippen LogP contribution < -0.4 is 0 Å². The molecule has 2 aliphatic rings. The van der Waals surface area contributed by atoms with E-state index in [0.717, 1.165) is 23.8 Å². The number of benzene rings is 1. The molecular formula is C25H34ClF3. The highest BCUT2D eigenvalue weighted by Crippen LogP contribution is 2.45. The van der Waals surface area contributed by atoms with Crippen LogP contribution in [0.15, 0.2) is 24.3 Å². The van der Waals surface area contributed by atoms with Crippen molar-refractivity contribution < 1.29 is 13.2 Å². The van der Waals surface area contributed by atoms with Gasteiger partial charge in [0.1, 0.15) is 0 Å². The molecule has 0 aromatic heterocycles. The number of rotatable bonds is 6. The van der Waals surface area contributed by atoms with E-state index in [1.54, 1.807) is 6.07 Å². The van der Waals surface area contributed by atoms with Gasteiger partial charge < -0.3 is 0 Å². The Hall–Kier alpha value is -0.960. The molecule has 0 unspecified atom stereocenters. The van der Waals surface area contributed by atoms with E-state index < -0.39 is 6.18 Å². The zero-order valence-corrected chi connectivity index (χ0v) is 18.2. The summed E-state index contributed by atoms with van der Waals surface area (Å²) < 4.78 is 37.1. The maximum absolute atomic E-state index is 12.4. The number of unbranched alkanes of at least 4 members (excludes halogenated alkanes) is 1. The second-order valence-corrected chi connectivity index (χ2v) is 9.60. The molecule has 2 aliphatic carbocycles. The second kappa shape index (κ2) is 10.4. The highest BCUT2D eigenvalue weighted by molar-refractivity contribution is 6.32. The molecule has 1 aromatic rings. The molecule has 3 rings (SSSR count). The Kier molecular flexibility index (Phi) is 8.13. The molecule has 2 saturated carbocycles. The van der Waals surface area contributed by atoms with Gasteiger partial charge in [-0.05, 0) is 85.5 Å². The van der Waals surface area contributed by atoms with Gasteiger partial charge in [0.25, 0.3) is 0 Å². The third-order valence-corrected chi connectivity index (χ3v) is 7.57. The summed E-state index contributed by atoms with van der Waals surface area (Å²) in [6, 6.07) is 5.57. The van der Waals surface area contributed by atoms with E-state index in [1.807, 2.05) is 12.1 Å². The quantitative estimate of drug-likeness (QED) is 0.425. The minimum absolute atomic E-state index is 0.246. The predicted octanol–water partition coefficient (Wildman–Crippen LogP) is 9.19. The monoisotopic (exact) mass is 426 g/mol. The molecule has 0 spiro atoms. The topological polar surface area (TPSA) is 0 Å². The van der Waals surface area contributed by atoms with Crippen molar-refractivity contribution in [1.29, 1.82) is 0 Å². The molecule has 0 N–H and O–H groups in total. The zero-order chi connectivity index (χ0) is 20.9. The van der Waals surface area contributed by atoms with Crippen molar-refractivity contribution in [3.05, 3.63) is 40.4 Å². The van der Waals surface area contributed by atoms with Gasteiger partial charge in [0, 0.05) is 11.1 Å². The van der Waals surface area contributed by atoms with Crippen LogP contribution in [-0.4, -0.2) is 6.18 Å². The molecule has 29 heavy (non-hydrogen) atoms. The molecule has 0 bridgehead atoms. The summed E-state index contributed by atoms with van der Waals surface area (Å²) in [5, 5.41) is 0.413. The van der Waals surface area contributed by atoms with Crippen LogP contribution in [0.5, 0.6) is 0 Å². The van der Waals surface area contributed by atoms with E-state index >= 15 is 0 Å². The highest BCUT2D eigenvalue weighted by atomic mass is 35.5. The summed E-state index contributed by atoms with van der Waals surface area (Å²) in [6.45, 7) is 2.28. The summed E-state index contributed by atoms with van der Waals surface area (Å²) in [7, 11) is 0. The van der Waals surface area contributed by atoms with Crippen LogP contribution in [0.4, 0.5) is 13.2 Å². The number of allylic oxidation sites excluding steroid dienone is 1. The Morgan fingerprint density at radius 1 is 0.966 bits per heavy atom. The van der Waals surface area contributed by atoms with Gasteiger partial charge in [-0.2, -0.15) is 13.2 Å². The predicted molar refractivity (Wildman–Crippen MR) is 116 cm³/mol. The first kappa shape index (κ1) is 22.7. The number of halogens is 4. The lowest BCUT2D eigenvalue weighted by atomic mass is 9.68. The van der Waals surface area contributed by atoms with Crippen molar-refractivity contribution in [2.75, 3.05) is 0 Å². The van der Waals surface area contributed by atoms with Gasteiger partial charge in [-0.3, -0.25) is 0 Å². The standard InChI is InChI=1S/C25H34ClF3/c1-2-3-4-18-5-7-19(8-6-18)20-9-11-21(12-10-20)23-14-13-22(24(26)17-23)15-16-25(27,28)29/h13-21H,2-12H2,1H3/b16-15+. The maximum atomic E-state index is 12.4. The van der Waals surface area contributed by atoms with Crippen molar-refractivity contribution >= 4 is 17.7 Å². The van der Waals surface area contributed by atoms with Crippen LogP contribution in [0.1, 0.15) is 94.6 Å². The van der Waals surface area contributed by atoms with Crippen molar-refractivity contribution in [1.82, 2.24) is 0 Å². The Morgan fingerprint density at radius 3 is 2.14 bits per heavy atom. The minimum Gasteiger partial charge on any atom is -0.167 e. The van der Waals surface area contributed by atoms with E-state index in [1.165, 1.54) is 76.2 Å². The van der Waals surface area contributed by atoms with E-state index in [-0.39, 0.29) is 6.08 Å². The average Bonchev–Trinajstić information content (AvgIpc) is 2.71. The Labute approximate surface area is 178 Å². The second-order valence-electron chi connectivity index (χ2n) is 9.19. The third kappa shape index (κ3) is 6.77. The normalized spacial score (nSPS) is 28.7. The molecule has 0 heterocycles. The molecule has 0 amide bonds. The fourth-order valence-corrected chi connectivity index (χ4v) is 5.73. The fraction of sp³-hybridized carbons (Fsp3) is 0.680. The van der Waals surface area contributed by atoms with Crippen molar-refractivity contribution in [2.45, 2.75) is 89.6 Å². The summed E-state index contributed by atoms with van der Waals surface area (Å²) in [5.41, 5.74) is 1.61. The summed E-state index contributed by atoms with van der Waals surface area (Å²) in [4.78, 5) is 0. The number of hydrogen-bond donors (Lipinski definition) is 0. The van der Waals surface area contributed by atoms with E-state index in [4.69, 9.17) is 11.6 Å². The van der Waals surface area contributed by atoms with Crippen LogP contribution in [0.3, 0.4) is 0 Å². The van der Waals surface area contributed by atoms with Gasteiger partial charge in [-0.1, -0.05) is 62.8 Å². The van der Waals surface area contributed by atoms with E-state index in [2.05, 4.69) is 6.92 Å². The van der Waals surface area contributed by atoms with Gasteiger partial charge in [-0.25, -0.2) is 0 Å². The van der Waals surface area contributed by atoms with Crippen LogP contribution in [0, 0.1) is 17.8 Å². The molecular weight excluding hydrogens is 393 g/mol. The largest absolute Gasteiger partial charge is 0.409 e. The van der Waals surface area contributed by atoms with Crippen LogP contribution >= 0.6 is 11.6 Å². The number of alkyl halides is 3. The van der Waals surface area contributed by atoms with Crippen molar-refractivity contribution in [2.24, 2.45) is 17.8 Å². The molecule has 1 aromatic carbocycles. The summed E-state index contributed by atoms with van der Waals surface area (Å²) >= 11 is 6.26. The lowest BCUT2D eigenvalue weighted by Crippen LogP contribution is -2.25. The molecule has 2 fully saturated rings. The molecule has 0 nitrogen and oxygen atoms in total. The Bertz CT molecular complexity index is 663. The SMILES string of the molecule is CCCCC1CCC(C2CCC(c3ccc(/C=C/C(F)(F)F)c(Cl)c3)CC2)CC1. The lowest BCUT2D eigenvalue weighted by Gasteiger charge is -2.38. The maximum Gasteiger partial charge on any atom is 0.409 e. The summed E-state index contributed by atoms with van der Waals surface area (Å²) in [6.07, 6.45) is 11.7. The molecule has 0 radical (unpaired) electrons. The van der Waals surface area contributed by atoms with Crippen molar-refractivity contribution in [3.8, 4) is 0 Å². The van der Waals surface area contributed by atoms with Gasteiger partial charge in [-0.15, -0.1) is 0 Å². The average molecular weight is 427 g/mol. The molecule has 4 heteroatoms. The minimum atomic E-state index is -4.31. The first-order valence-electron chi connectivity index (χ1n) is 11.4. The highest BCUT2D eigenvalue weighted by Gasteiger charge is 2.31. The fourth-order valence-electron chi connectivity index (χ4n) is 5.48. The van der Waals surface area contributed by atoms with Gasteiger partial charge in [0.2, 0.25) is 0 Å². The molecule has 0 aliphatic heterocycles. The number of hydrogen-bond acceptors (Lipinski definition) is 0. The first-order valence-corrected chi connectivity index (χ1v) is 11.8. The molecule has 0 atom stereocenters. The van der Waals surface area contributed by atoms with Crippen LogP contribution in [0.25, 0.3) is 6.08 Å². The Balaban J connectivity index is 1.49. The van der Waals surface area contributed by atoms with Gasteiger partial charge in [0.05, 0.1) is 0 Å². The van der Waals surface area contributed by atoms with Gasteiger partial charge in [0.15, 0.2) is 0 Å². The lowest BCUT2D eigenvalue weighted by molar-refractivity contribution is -0.0790. The molecule has 162 valence electrons. The summed E-state index contributed by atoms with van der Waals surface area (Å²) in [5.74, 6) is 3.23. The van der Waals surface area contributed by atoms with Crippen LogP contribution in [-0.2, 0) is 0 Å². The molecule has 0 saturated heterocycles. The first-order chi connectivity index (χ1) is 13.9. The van der Waals surface area contributed by atoms with Gasteiger partial charge >= 0.3 is 6.18 Å². The van der Waals surface area contributed by atoms with E-state index in [0.29, 0.717) is 16.5 Å². The van der Waals surface area contributed by atoms with Crippen LogP contribution in [0.2, 0.25) is 5.02 Å².